The molecule has 166 valence electrons. The van der Waals surface area contributed by atoms with Crippen LogP contribution in [-0.2, 0) is 28.9 Å². The van der Waals surface area contributed by atoms with Crippen LogP contribution in [0.4, 0.5) is 13.2 Å². The molecule has 0 aliphatic carbocycles. The van der Waals surface area contributed by atoms with Gasteiger partial charge in [-0.25, -0.2) is 0 Å². The van der Waals surface area contributed by atoms with Crippen molar-refractivity contribution >= 4 is 5.91 Å². The van der Waals surface area contributed by atoms with Crippen molar-refractivity contribution in [1.82, 2.24) is 10.2 Å². The molecule has 0 radical (unpaired) electrons. The van der Waals surface area contributed by atoms with Gasteiger partial charge in [0.25, 0.3) is 0 Å². The van der Waals surface area contributed by atoms with Gasteiger partial charge < -0.3 is 14.8 Å². The highest BCUT2D eigenvalue weighted by Gasteiger charge is 2.37. The van der Waals surface area contributed by atoms with Gasteiger partial charge in [0.05, 0.1) is 24.7 Å². The van der Waals surface area contributed by atoms with Crippen molar-refractivity contribution in [1.29, 1.82) is 0 Å². The minimum absolute atomic E-state index is 0.0531. The zero-order valence-electron chi connectivity index (χ0n) is 17.2. The molecule has 2 aliphatic rings. The fraction of sp³-hybridized carbons (Fsp3) is 0.435. The molecule has 0 saturated carbocycles. The summed E-state index contributed by atoms with van der Waals surface area (Å²) in [6, 6.07) is 11.9. The Labute approximate surface area is 179 Å². The summed E-state index contributed by atoms with van der Waals surface area (Å²) < 4.78 is 51.2. The molecule has 1 N–H and O–H groups in total. The van der Waals surface area contributed by atoms with Crippen molar-refractivity contribution in [3.05, 3.63) is 64.7 Å². The Bertz CT molecular complexity index is 921. The summed E-state index contributed by atoms with van der Waals surface area (Å²) in [6.45, 7) is 2.94. The summed E-state index contributed by atoms with van der Waals surface area (Å²) in [6.07, 6.45) is -4.41. The topological polar surface area (TPSA) is 50.8 Å². The van der Waals surface area contributed by atoms with E-state index < -0.39 is 11.7 Å². The fourth-order valence-electron chi connectivity index (χ4n) is 3.89. The third-order valence-corrected chi connectivity index (χ3v) is 5.81. The van der Waals surface area contributed by atoms with Crippen LogP contribution in [0, 0.1) is 5.92 Å². The van der Waals surface area contributed by atoms with Gasteiger partial charge in [-0.2, -0.15) is 13.2 Å². The molecule has 0 spiro atoms. The summed E-state index contributed by atoms with van der Waals surface area (Å²) >= 11 is 0. The lowest BCUT2D eigenvalue weighted by Gasteiger charge is -2.38. The third kappa shape index (κ3) is 5.02. The molecule has 0 aromatic heterocycles. The number of hydrogen-bond donors (Lipinski definition) is 1. The summed E-state index contributed by atoms with van der Waals surface area (Å²) in [5.74, 6) is 0.526. The van der Waals surface area contributed by atoms with Crippen LogP contribution in [0.15, 0.2) is 42.5 Å². The average molecular weight is 434 g/mol. The Kier molecular flexibility index (Phi) is 6.20. The molecule has 5 nitrogen and oxygen atoms in total. The first kappa shape index (κ1) is 21.6. The second-order valence-electron chi connectivity index (χ2n) is 8.09. The summed E-state index contributed by atoms with van der Waals surface area (Å²) in [5.41, 5.74) is 1.24. The molecule has 2 saturated heterocycles. The molecule has 2 aromatic carbocycles. The van der Waals surface area contributed by atoms with Crippen molar-refractivity contribution in [3.8, 4) is 5.75 Å². The van der Waals surface area contributed by atoms with Crippen LogP contribution in [0.25, 0.3) is 0 Å². The maximum absolute atomic E-state index is 13.5. The standard InChI is InChI=1S/C23H25F3N2O3/c1-27-22(29)17-10-28(11-17)9-15-2-5-19(6-3-15)31-12-16-4-7-20(18-13-30-14-18)21(8-16)23(24,25)26/h2-8,17-18H,9-14H2,1H3,(H,27,29). The number of amides is 1. The van der Waals surface area contributed by atoms with Crippen molar-refractivity contribution in [2.45, 2.75) is 25.2 Å². The fourth-order valence-corrected chi connectivity index (χ4v) is 3.89. The van der Waals surface area contributed by atoms with Crippen molar-refractivity contribution < 1.29 is 27.4 Å². The molecule has 4 rings (SSSR count). The Morgan fingerprint density at radius 2 is 1.81 bits per heavy atom. The molecule has 1 amide bonds. The van der Waals surface area contributed by atoms with E-state index in [2.05, 4.69) is 10.2 Å². The maximum atomic E-state index is 13.5. The van der Waals surface area contributed by atoms with E-state index in [4.69, 9.17) is 9.47 Å². The molecular weight excluding hydrogens is 409 g/mol. The minimum Gasteiger partial charge on any atom is -0.489 e. The number of likely N-dealkylation sites (tertiary alicyclic amines) is 1. The van der Waals surface area contributed by atoms with Gasteiger partial charge in [-0.05, 0) is 34.9 Å². The first-order valence-electron chi connectivity index (χ1n) is 10.3. The quantitative estimate of drug-likeness (QED) is 0.724. The van der Waals surface area contributed by atoms with E-state index in [1.807, 2.05) is 24.3 Å². The molecule has 31 heavy (non-hydrogen) atoms. The molecular formula is C23H25F3N2O3. The predicted octanol–water partition coefficient (Wildman–Crippen LogP) is 3.58. The van der Waals surface area contributed by atoms with Crippen LogP contribution < -0.4 is 10.1 Å². The lowest BCUT2D eigenvalue weighted by molar-refractivity contribution is -0.139. The number of carbonyl (C=O) groups is 1. The van der Waals surface area contributed by atoms with Crippen LogP contribution in [0.5, 0.6) is 5.75 Å². The van der Waals surface area contributed by atoms with Gasteiger partial charge in [-0.3, -0.25) is 9.69 Å². The Morgan fingerprint density at radius 1 is 1.13 bits per heavy atom. The first-order valence-corrected chi connectivity index (χ1v) is 10.3. The van der Waals surface area contributed by atoms with E-state index in [1.54, 1.807) is 13.1 Å². The van der Waals surface area contributed by atoms with E-state index in [9.17, 15) is 18.0 Å². The summed E-state index contributed by atoms with van der Waals surface area (Å²) in [5, 5.41) is 2.66. The Hall–Kier alpha value is -2.58. The smallest absolute Gasteiger partial charge is 0.416 e. The first-order chi connectivity index (χ1) is 14.8. The van der Waals surface area contributed by atoms with Crippen LogP contribution in [0.3, 0.4) is 0 Å². The number of nitrogens with one attached hydrogen (secondary N) is 1. The summed E-state index contributed by atoms with van der Waals surface area (Å²) in [4.78, 5) is 13.7. The molecule has 2 aromatic rings. The average Bonchev–Trinajstić information content (AvgIpc) is 2.68. The van der Waals surface area contributed by atoms with Crippen molar-refractivity contribution in [3.63, 3.8) is 0 Å². The molecule has 0 atom stereocenters. The Morgan fingerprint density at radius 3 is 2.39 bits per heavy atom. The van der Waals surface area contributed by atoms with Crippen molar-refractivity contribution in [2.75, 3.05) is 33.4 Å². The van der Waals surface area contributed by atoms with E-state index in [0.717, 1.165) is 25.2 Å². The molecule has 8 heteroatoms. The normalized spacial score (nSPS) is 17.7. The van der Waals surface area contributed by atoms with E-state index in [0.29, 0.717) is 24.5 Å². The molecule has 2 fully saturated rings. The zero-order valence-corrected chi connectivity index (χ0v) is 17.2. The van der Waals surface area contributed by atoms with Crippen LogP contribution in [0.2, 0.25) is 0 Å². The second-order valence-corrected chi connectivity index (χ2v) is 8.09. The van der Waals surface area contributed by atoms with Gasteiger partial charge in [-0.15, -0.1) is 0 Å². The van der Waals surface area contributed by atoms with E-state index >= 15 is 0 Å². The molecule has 2 heterocycles. The van der Waals surface area contributed by atoms with Gasteiger partial charge in [0.2, 0.25) is 5.91 Å². The van der Waals surface area contributed by atoms with Crippen molar-refractivity contribution in [2.24, 2.45) is 5.92 Å². The number of benzene rings is 2. The number of nitrogens with zero attached hydrogens (tertiary/aromatic N) is 1. The lowest BCUT2D eigenvalue weighted by atomic mass is 9.91. The number of alkyl halides is 3. The second kappa shape index (κ2) is 8.88. The molecule has 0 bridgehead atoms. The number of hydrogen-bond acceptors (Lipinski definition) is 4. The molecule has 0 unspecified atom stereocenters. The van der Waals surface area contributed by atoms with Crippen LogP contribution in [-0.4, -0.2) is 44.2 Å². The zero-order chi connectivity index (χ0) is 22.0. The van der Waals surface area contributed by atoms with Gasteiger partial charge >= 0.3 is 6.18 Å². The maximum Gasteiger partial charge on any atom is 0.416 e. The minimum atomic E-state index is -4.41. The van der Waals surface area contributed by atoms with E-state index in [1.165, 1.54) is 12.1 Å². The summed E-state index contributed by atoms with van der Waals surface area (Å²) in [7, 11) is 1.64. The lowest BCUT2D eigenvalue weighted by Crippen LogP contribution is -2.52. The number of carbonyl (C=O) groups excluding carboxylic acids is 1. The van der Waals surface area contributed by atoms with Crippen LogP contribution >= 0.6 is 0 Å². The third-order valence-electron chi connectivity index (χ3n) is 5.81. The van der Waals surface area contributed by atoms with Gasteiger partial charge in [0, 0.05) is 32.6 Å². The van der Waals surface area contributed by atoms with Gasteiger partial charge in [0.15, 0.2) is 0 Å². The largest absolute Gasteiger partial charge is 0.489 e. The van der Waals surface area contributed by atoms with Gasteiger partial charge in [0.1, 0.15) is 12.4 Å². The highest BCUT2D eigenvalue weighted by atomic mass is 19.4. The predicted molar refractivity (Wildman–Crippen MR) is 109 cm³/mol. The number of halogens is 3. The Balaban J connectivity index is 1.33. The molecule has 2 aliphatic heterocycles. The van der Waals surface area contributed by atoms with Crippen LogP contribution in [0.1, 0.15) is 28.2 Å². The number of ether oxygens (including phenoxy) is 2. The van der Waals surface area contributed by atoms with E-state index in [-0.39, 0.29) is 29.9 Å². The van der Waals surface area contributed by atoms with Gasteiger partial charge in [-0.1, -0.05) is 24.3 Å². The highest BCUT2D eigenvalue weighted by Crippen LogP contribution is 2.38. The SMILES string of the molecule is CNC(=O)C1CN(Cc2ccc(OCc3ccc(C4COC4)c(C(F)(F)F)c3)cc2)C1. The number of rotatable bonds is 7. The highest BCUT2D eigenvalue weighted by molar-refractivity contribution is 5.79. The monoisotopic (exact) mass is 434 g/mol.